The molecule has 1 unspecified atom stereocenters. The van der Waals surface area contributed by atoms with E-state index in [4.69, 9.17) is 5.11 Å². The summed E-state index contributed by atoms with van der Waals surface area (Å²) in [6, 6.07) is 6.70. The highest BCUT2D eigenvalue weighted by molar-refractivity contribution is 5.85. The molecule has 0 aliphatic rings. The molecule has 1 aromatic carbocycles. The molecule has 1 amide bonds. The van der Waals surface area contributed by atoms with E-state index in [1.54, 1.807) is 0 Å². The molecule has 0 spiro atoms. The van der Waals surface area contributed by atoms with Crippen molar-refractivity contribution >= 4 is 22.8 Å². The fourth-order valence-electron chi connectivity index (χ4n) is 1.99. The first-order chi connectivity index (χ1) is 8.58. The topological polar surface area (TPSA) is 82.2 Å². The number of rotatable bonds is 4. The molecule has 5 nitrogen and oxygen atoms in total. The number of aromatic nitrogens is 1. The second-order valence-electron chi connectivity index (χ2n) is 4.15. The van der Waals surface area contributed by atoms with E-state index in [1.807, 2.05) is 30.5 Å². The lowest BCUT2D eigenvalue weighted by molar-refractivity contribution is -0.141. The molecule has 0 saturated carbocycles. The zero-order chi connectivity index (χ0) is 13.1. The standard InChI is InChI=1S/C13H14N2O3/c1-8(16)15-11(13(17)18)7-10-4-2-3-9-5-6-14-12(9)10/h2-6,11,14H,7H2,1H3,(H,15,16)(H,17,18). The minimum absolute atomic E-state index is 0.257. The van der Waals surface area contributed by atoms with Gasteiger partial charge in [-0.15, -0.1) is 0 Å². The number of H-pyrrole nitrogens is 1. The van der Waals surface area contributed by atoms with Crippen LogP contribution in [-0.4, -0.2) is 28.0 Å². The number of carbonyl (C=O) groups is 2. The highest BCUT2D eigenvalue weighted by atomic mass is 16.4. The van der Waals surface area contributed by atoms with Crippen LogP contribution in [0.5, 0.6) is 0 Å². The summed E-state index contributed by atoms with van der Waals surface area (Å²) in [7, 11) is 0. The van der Waals surface area contributed by atoms with Crippen LogP contribution in [0.15, 0.2) is 30.5 Å². The number of carboxylic acid groups (broad SMARTS) is 1. The Morgan fingerprint density at radius 3 is 2.83 bits per heavy atom. The van der Waals surface area contributed by atoms with Crippen LogP contribution < -0.4 is 5.32 Å². The maximum Gasteiger partial charge on any atom is 0.326 e. The number of aliphatic carboxylic acids is 1. The summed E-state index contributed by atoms with van der Waals surface area (Å²) in [6.07, 6.45) is 2.06. The van der Waals surface area contributed by atoms with Gasteiger partial charge in [0.05, 0.1) is 0 Å². The highest BCUT2D eigenvalue weighted by Gasteiger charge is 2.19. The molecular weight excluding hydrogens is 232 g/mol. The van der Waals surface area contributed by atoms with E-state index < -0.39 is 12.0 Å². The van der Waals surface area contributed by atoms with E-state index in [0.29, 0.717) is 0 Å². The van der Waals surface area contributed by atoms with Gasteiger partial charge in [0.15, 0.2) is 0 Å². The smallest absolute Gasteiger partial charge is 0.326 e. The van der Waals surface area contributed by atoms with Crippen LogP contribution in [0.2, 0.25) is 0 Å². The molecule has 1 atom stereocenters. The average molecular weight is 246 g/mol. The third kappa shape index (κ3) is 2.51. The Bertz CT molecular complexity index is 589. The second kappa shape index (κ2) is 4.91. The van der Waals surface area contributed by atoms with E-state index in [1.165, 1.54) is 6.92 Å². The number of aromatic amines is 1. The summed E-state index contributed by atoms with van der Waals surface area (Å²) >= 11 is 0. The number of hydrogen-bond donors (Lipinski definition) is 3. The van der Waals surface area contributed by atoms with E-state index in [9.17, 15) is 9.59 Å². The van der Waals surface area contributed by atoms with Gasteiger partial charge in [-0.3, -0.25) is 4.79 Å². The molecule has 0 fully saturated rings. The van der Waals surface area contributed by atoms with Gasteiger partial charge >= 0.3 is 5.97 Å². The molecule has 2 rings (SSSR count). The van der Waals surface area contributed by atoms with Crippen molar-refractivity contribution in [1.82, 2.24) is 10.3 Å². The van der Waals surface area contributed by atoms with Crippen molar-refractivity contribution in [2.24, 2.45) is 0 Å². The summed E-state index contributed by atoms with van der Waals surface area (Å²) in [5.41, 5.74) is 1.78. The predicted molar refractivity (Wildman–Crippen MR) is 67.2 cm³/mol. The summed E-state index contributed by atoms with van der Waals surface area (Å²) in [6.45, 7) is 1.31. The SMILES string of the molecule is CC(=O)NC(Cc1cccc2cc[nH]c12)C(=O)O. The Morgan fingerprint density at radius 2 is 2.17 bits per heavy atom. The summed E-state index contributed by atoms with van der Waals surface area (Å²) < 4.78 is 0. The number of carboxylic acids is 1. The first kappa shape index (κ1) is 12.2. The Hall–Kier alpha value is -2.30. The maximum atomic E-state index is 11.1. The molecule has 5 heteroatoms. The number of benzene rings is 1. The van der Waals surface area contributed by atoms with Crippen LogP contribution in [0.25, 0.3) is 10.9 Å². The van der Waals surface area contributed by atoms with Gasteiger partial charge in [0.2, 0.25) is 5.91 Å². The molecule has 94 valence electrons. The zero-order valence-electron chi connectivity index (χ0n) is 9.93. The molecule has 0 aliphatic heterocycles. The molecule has 0 bridgehead atoms. The van der Waals surface area contributed by atoms with Gasteiger partial charge in [0, 0.05) is 25.1 Å². The Kier molecular flexibility index (Phi) is 3.32. The summed E-state index contributed by atoms with van der Waals surface area (Å²) in [5, 5.41) is 12.5. The minimum atomic E-state index is -1.03. The normalized spacial score (nSPS) is 12.3. The van der Waals surface area contributed by atoms with Gasteiger partial charge in [-0.2, -0.15) is 0 Å². The third-order valence-corrected chi connectivity index (χ3v) is 2.77. The predicted octanol–water partition coefficient (Wildman–Crippen LogP) is 1.30. The molecule has 0 saturated heterocycles. The number of fused-ring (bicyclic) bond motifs is 1. The van der Waals surface area contributed by atoms with E-state index in [0.717, 1.165) is 16.5 Å². The van der Waals surface area contributed by atoms with E-state index in [2.05, 4.69) is 10.3 Å². The van der Waals surface area contributed by atoms with Crippen molar-refractivity contribution in [3.63, 3.8) is 0 Å². The van der Waals surface area contributed by atoms with Crippen LogP contribution in [0, 0.1) is 0 Å². The molecule has 1 aromatic heterocycles. The lowest BCUT2D eigenvalue weighted by atomic mass is 10.0. The quantitative estimate of drug-likeness (QED) is 0.760. The van der Waals surface area contributed by atoms with E-state index >= 15 is 0 Å². The van der Waals surface area contributed by atoms with Crippen LogP contribution in [0.3, 0.4) is 0 Å². The largest absolute Gasteiger partial charge is 0.480 e. The number of carbonyl (C=O) groups excluding carboxylic acids is 1. The average Bonchev–Trinajstić information content (AvgIpc) is 2.76. The van der Waals surface area contributed by atoms with Crippen molar-refractivity contribution < 1.29 is 14.7 Å². The van der Waals surface area contributed by atoms with Gasteiger partial charge in [-0.1, -0.05) is 18.2 Å². The lowest BCUT2D eigenvalue weighted by Crippen LogP contribution is -2.41. The van der Waals surface area contributed by atoms with Crippen molar-refractivity contribution in [2.75, 3.05) is 0 Å². The van der Waals surface area contributed by atoms with Gasteiger partial charge in [-0.25, -0.2) is 4.79 Å². The number of nitrogens with one attached hydrogen (secondary N) is 2. The molecule has 1 heterocycles. The first-order valence-corrected chi connectivity index (χ1v) is 5.63. The number of para-hydroxylation sites is 1. The molecular formula is C13H14N2O3. The number of hydrogen-bond acceptors (Lipinski definition) is 2. The van der Waals surface area contributed by atoms with Gasteiger partial charge in [0.1, 0.15) is 6.04 Å². The third-order valence-electron chi connectivity index (χ3n) is 2.77. The fourth-order valence-corrected chi connectivity index (χ4v) is 1.99. The summed E-state index contributed by atoms with van der Waals surface area (Å²) in [5.74, 6) is -1.38. The zero-order valence-corrected chi connectivity index (χ0v) is 9.93. The van der Waals surface area contributed by atoms with Crippen molar-refractivity contribution in [1.29, 1.82) is 0 Å². The molecule has 3 N–H and O–H groups in total. The Morgan fingerprint density at radius 1 is 1.39 bits per heavy atom. The number of amides is 1. The van der Waals surface area contributed by atoms with Crippen molar-refractivity contribution in [3.8, 4) is 0 Å². The molecule has 0 radical (unpaired) electrons. The summed E-state index contributed by atoms with van der Waals surface area (Å²) in [4.78, 5) is 25.1. The molecule has 0 aliphatic carbocycles. The van der Waals surface area contributed by atoms with Crippen molar-refractivity contribution in [3.05, 3.63) is 36.0 Å². The van der Waals surface area contributed by atoms with Crippen LogP contribution in [0.4, 0.5) is 0 Å². The van der Waals surface area contributed by atoms with Gasteiger partial charge < -0.3 is 15.4 Å². The monoisotopic (exact) mass is 246 g/mol. The van der Waals surface area contributed by atoms with Crippen molar-refractivity contribution in [2.45, 2.75) is 19.4 Å². The minimum Gasteiger partial charge on any atom is -0.480 e. The second-order valence-corrected chi connectivity index (χ2v) is 4.15. The fraction of sp³-hybridized carbons (Fsp3) is 0.231. The highest BCUT2D eigenvalue weighted by Crippen LogP contribution is 2.18. The van der Waals surface area contributed by atoms with Crippen LogP contribution in [0.1, 0.15) is 12.5 Å². The molecule has 18 heavy (non-hydrogen) atoms. The Balaban J connectivity index is 2.28. The van der Waals surface area contributed by atoms with Crippen LogP contribution in [-0.2, 0) is 16.0 Å². The first-order valence-electron chi connectivity index (χ1n) is 5.63. The van der Waals surface area contributed by atoms with E-state index in [-0.39, 0.29) is 12.3 Å². The van der Waals surface area contributed by atoms with Crippen LogP contribution >= 0.6 is 0 Å². The van der Waals surface area contributed by atoms with Gasteiger partial charge in [-0.05, 0) is 17.0 Å². The Labute approximate surface area is 104 Å². The lowest BCUT2D eigenvalue weighted by Gasteiger charge is -2.13. The maximum absolute atomic E-state index is 11.1. The molecule has 2 aromatic rings. The van der Waals surface area contributed by atoms with Gasteiger partial charge in [0.25, 0.3) is 0 Å².